The molecule has 11 heavy (non-hydrogen) atoms. The summed E-state index contributed by atoms with van der Waals surface area (Å²) in [5.74, 6) is -0.341. The Morgan fingerprint density at radius 1 is 1.73 bits per heavy atom. The third-order valence-corrected chi connectivity index (χ3v) is 1.28. The van der Waals surface area contributed by atoms with Gasteiger partial charge in [-0.25, -0.2) is 4.79 Å². The number of ether oxygens (including phenoxy) is 2. The Hall–Kier alpha value is -0.990. The Morgan fingerprint density at radius 3 is 2.73 bits per heavy atom. The Morgan fingerprint density at radius 2 is 2.36 bits per heavy atom. The molecule has 0 radical (unpaired) electrons. The number of hydrogen-bond donors (Lipinski definition) is 0. The molecule has 0 spiro atoms. The van der Waals surface area contributed by atoms with Gasteiger partial charge in [-0.15, -0.1) is 0 Å². The molecule has 0 aliphatic heterocycles. The molecular formula is C8H14O3. The van der Waals surface area contributed by atoms with Crippen molar-refractivity contribution < 1.29 is 14.3 Å². The Kier molecular flexibility index (Phi) is 5.25. The normalized spacial score (nSPS) is 11.8. The van der Waals surface area contributed by atoms with Gasteiger partial charge in [0.1, 0.15) is 0 Å². The molecule has 0 rings (SSSR count). The van der Waals surface area contributed by atoms with Crippen molar-refractivity contribution in [3.05, 3.63) is 12.8 Å². The number of rotatable bonds is 5. The molecule has 0 N–H and O–H groups in total. The first-order valence-electron chi connectivity index (χ1n) is 3.60. The quantitative estimate of drug-likeness (QED) is 0.449. The van der Waals surface area contributed by atoms with E-state index in [0.29, 0.717) is 6.42 Å². The smallest absolute Gasteiger partial charge is 0.347 e. The molecule has 0 fully saturated rings. The zero-order valence-electron chi connectivity index (χ0n) is 7.00. The van der Waals surface area contributed by atoms with Crippen LogP contribution in [0.15, 0.2) is 12.8 Å². The molecule has 0 aromatic carbocycles. The maximum atomic E-state index is 10.9. The molecule has 3 nitrogen and oxygen atoms in total. The molecule has 0 saturated carbocycles. The van der Waals surface area contributed by atoms with Gasteiger partial charge in [0.15, 0.2) is 6.10 Å². The highest BCUT2D eigenvalue weighted by Gasteiger charge is 2.17. The Labute approximate surface area is 67.0 Å². The molecule has 1 unspecified atom stereocenters. The first-order chi connectivity index (χ1) is 5.26. The van der Waals surface area contributed by atoms with Crippen molar-refractivity contribution in [3.63, 3.8) is 0 Å². The van der Waals surface area contributed by atoms with Gasteiger partial charge < -0.3 is 9.47 Å². The van der Waals surface area contributed by atoms with Crippen LogP contribution in [0.25, 0.3) is 0 Å². The van der Waals surface area contributed by atoms with Crippen LogP contribution in [-0.4, -0.2) is 19.2 Å². The molecule has 0 aliphatic rings. The summed E-state index contributed by atoms with van der Waals surface area (Å²) in [5.41, 5.74) is 0. The lowest BCUT2D eigenvalue weighted by Crippen LogP contribution is -2.23. The molecule has 0 heterocycles. The maximum absolute atomic E-state index is 10.9. The highest BCUT2D eigenvalue weighted by Crippen LogP contribution is 2.03. The minimum absolute atomic E-state index is 0.341. The lowest BCUT2D eigenvalue weighted by atomic mass is 10.2. The highest BCUT2D eigenvalue weighted by atomic mass is 16.6. The van der Waals surface area contributed by atoms with E-state index in [9.17, 15) is 4.79 Å². The zero-order chi connectivity index (χ0) is 8.69. The summed E-state index contributed by atoms with van der Waals surface area (Å²) in [5, 5.41) is 0. The van der Waals surface area contributed by atoms with E-state index >= 15 is 0 Å². The molecule has 0 bridgehead atoms. The van der Waals surface area contributed by atoms with Crippen molar-refractivity contribution in [3.8, 4) is 0 Å². The molecular weight excluding hydrogens is 144 g/mol. The third-order valence-electron chi connectivity index (χ3n) is 1.28. The monoisotopic (exact) mass is 158 g/mol. The molecule has 0 saturated heterocycles. The number of esters is 1. The summed E-state index contributed by atoms with van der Waals surface area (Å²) in [6.07, 6.45) is 2.33. The van der Waals surface area contributed by atoms with Crippen molar-refractivity contribution >= 4 is 5.97 Å². The van der Waals surface area contributed by atoms with E-state index in [4.69, 9.17) is 4.74 Å². The van der Waals surface area contributed by atoms with Crippen molar-refractivity contribution in [1.82, 2.24) is 0 Å². The van der Waals surface area contributed by atoms with E-state index < -0.39 is 6.10 Å². The Bertz CT molecular complexity index is 131. The van der Waals surface area contributed by atoms with Gasteiger partial charge in [0, 0.05) is 0 Å². The summed E-state index contributed by atoms with van der Waals surface area (Å²) in [6.45, 7) is 5.34. The number of carbonyl (C=O) groups is 1. The molecule has 0 aromatic rings. The predicted molar refractivity (Wildman–Crippen MR) is 42.0 cm³/mol. The standard InChI is InChI=1S/C8H14O3/c1-4-6-7(11-5-2)8(9)10-3/h5,7H,2,4,6H2,1,3H3. The third kappa shape index (κ3) is 3.65. The number of carbonyl (C=O) groups excluding carboxylic acids is 1. The average molecular weight is 158 g/mol. The lowest BCUT2D eigenvalue weighted by Gasteiger charge is -2.11. The van der Waals surface area contributed by atoms with Crippen LogP contribution in [0.3, 0.4) is 0 Å². The molecule has 0 aromatic heterocycles. The fraction of sp³-hybridized carbons (Fsp3) is 0.625. The van der Waals surface area contributed by atoms with Gasteiger partial charge in [-0.2, -0.15) is 0 Å². The van der Waals surface area contributed by atoms with Crippen LogP contribution < -0.4 is 0 Å². The SMILES string of the molecule is C=COC(CCC)C(=O)OC. The van der Waals surface area contributed by atoms with E-state index in [-0.39, 0.29) is 5.97 Å². The fourth-order valence-electron chi connectivity index (χ4n) is 0.751. The van der Waals surface area contributed by atoms with Crippen molar-refractivity contribution in [2.75, 3.05) is 7.11 Å². The minimum Gasteiger partial charge on any atom is -0.487 e. The average Bonchev–Trinajstić information content (AvgIpc) is 2.03. The number of methoxy groups -OCH3 is 1. The van der Waals surface area contributed by atoms with Gasteiger partial charge in [-0.3, -0.25) is 0 Å². The van der Waals surface area contributed by atoms with Gasteiger partial charge in [-0.1, -0.05) is 19.9 Å². The van der Waals surface area contributed by atoms with Crippen LogP contribution in [0.5, 0.6) is 0 Å². The summed E-state index contributed by atoms with van der Waals surface area (Å²) in [6, 6.07) is 0. The largest absolute Gasteiger partial charge is 0.487 e. The molecule has 64 valence electrons. The molecule has 0 amide bonds. The molecule has 3 heteroatoms. The lowest BCUT2D eigenvalue weighted by molar-refractivity contribution is -0.151. The van der Waals surface area contributed by atoms with Gasteiger partial charge in [-0.05, 0) is 6.42 Å². The van der Waals surface area contributed by atoms with Crippen LogP contribution in [0.2, 0.25) is 0 Å². The van der Waals surface area contributed by atoms with Crippen molar-refractivity contribution in [1.29, 1.82) is 0 Å². The summed E-state index contributed by atoms with van der Waals surface area (Å²) in [7, 11) is 1.34. The fourth-order valence-corrected chi connectivity index (χ4v) is 0.751. The molecule has 0 aliphatic carbocycles. The van der Waals surface area contributed by atoms with Crippen LogP contribution in [0, 0.1) is 0 Å². The zero-order valence-corrected chi connectivity index (χ0v) is 7.00. The van der Waals surface area contributed by atoms with E-state index in [1.54, 1.807) is 0 Å². The van der Waals surface area contributed by atoms with E-state index in [1.165, 1.54) is 13.4 Å². The van der Waals surface area contributed by atoms with Crippen LogP contribution in [0.4, 0.5) is 0 Å². The molecule has 1 atom stereocenters. The first kappa shape index (κ1) is 10.0. The second-order valence-electron chi connectivity index (χ2n) is 2.10. The van der Waals surface area contributed by atoms with Gasteiger partial charge in [0.05, 0.1) is 13.4 Å². The summed E-state index contributed by atoms with van der Waals surface area (Å²) < 4.78 is 9.43. The highest BCUT2D eigenvalue weighted by molar-refractivity contribution is 5.74. The van der Waals surface area contributed by atoms with Crippen LogP contribution in [0.1, 0.15) is 19.8 Å². The van der Waals surface area contributed by atoms with Crippen LogP contribution >= 0.6 is 0 Å². The number of hydrogen-bond acceptors (Lipinski definition) is 3. The topological polar surface area (TPSA) is 35.5 Å². The van der Waals surface area contributed by atoms with Gasteiger partial charge >= 0.3 is 5.97 Å². The van der Waals surface area contributed by atoms with Gasteiger partial charge in [0.2, 0.25) is 0 Å². The van der Waals surface area contributed by atoms with E-state index in [2.05, 4.69) is 11.3 Å². The second-order valence-corrected chi connectivity index (χ2v) is 2.10. The van der Waals surface area contributed by atoms with Crippen molar-refractivity contribution in [2.24, 2.45) is 0 Å². The van der Waals surface area contributed by atoms with E-state index in [0.717, 1.165) is 6.42 Å². The Balaban J connectivity index is 3.86. The second kappa shape index (κ2) is 5.77. The predicted octanol–water partition coefficient (Wildman–Crippen LogP) is 1.49. The summed E-state index contributed by atoms with van der Waals surface area (Å²) >= 11 is 0. The van der Waals surface area contributed by atoms with Crippen molar-refractivity contribution in [2.45, 2.75) is 25.9 Å². The van der Waals surface area contributed by atoms with E-state index in [1.807, 2.05) is 6.92 Å². The minimum atomic E-state index is -0.484. The van der Waals surface area contributed by atoms with Gasteiger partial charge in [0.25, 0.3) is 0 Å². The maximum Gasteiger partial charge on any atom is 0.347 e. The first-order valence-corrected chi connectivity index (χ1v) is 3.60. The van der Waals surface area contributed by atoms with Crippen LogP contribution in [-0.2, 0) is 14.3 Å². The summed E-state index contributed by atoms with van der Waals surface area (Å²) in [4.78, 5) is 10.9.